The van der Waals surface area contributed by atoms with Crippen molar-refractivity contribution in [3.63, 3.8) is 0 Å². The molecule has 2 aliphatic rings. The number of nitrogens with zero attached hydrogens (tertiary/aromatic N) is 2. The Kier molecular flexibility index (Phi) is 7.42. The van der Waals surface area contributed by atoms with E-state index in [4.69, 9.17) is 0 Å². The maximum atomic E-state index is 13.6. The molecule has 0 aliphatic carbocycles. The van der Waals surface area contributed by atoms with E-state index in [9.17, 15) is 4.79 Å². The van der Waals surface area contributed by atoms with Gasteiger partial charge < -0.3 is 15.2 Å². The zero-order valence-corrected chi connectivity index (χ0v) is 18.9. The Bertz CT molecular complexity index is 954. The summed E-state index contributed by atoms with van der Waals surface area (Å²) in [5, 5.41) is 3.39. The second-order valence-corrected chi connectivity index (χ2v) is 8.08. The highest BCUT2D eigenvalue weighted by Gasteiger charge is 2.42. The molecule has 2 aliphatic heterocycles. The van der Waals surface area contributed by atoms with Crippen LogP contribution in [0.2, 0.25) is 0 Å². The summed E-state index contributed by atoms with van der Waals surface area (Å²) in [5.41, 5.74) is 4.31. The van der Waals surface area contributed by atoms with Crippen molar-refractivity contribution in [1.29, 1.82) is 0 Å². The van der Waals surface area contributed by atoms with E-state index in [0.29, 0.717) is 6.54 Å². The number of amides is 1. The summed E-state index contributed by atoms with van der Waals surface area (Å²) in [7, 11) is 0. The fourth-order valence-electron chi connectivity index (χ4n) is 5.00. The lowest BCUT2D eigenvalue weighted by Crippen LogP contribution is -2.52. The molecule has 2 aromatic carbocycles. The molecule has 1 atom stereocenters. The number of carbonyl (C=O) groups excluding carboxylic acids is 1. The van der Waals surface area contributed by atoms with Crippen LogP contribution in [0.3, 0.4) is 0 Å². The molecule has 0 saturated carbocycles. The average molecular weight is 459 g/mol. The number of hydrogen-bond donors (Lipinski definition) is 2. The van der Waals surface area contributed by atoms with Crippen LogP contribution in [0.15, 0.2) is 67.0 Å². The van der Waals surface area contributed by atoms with Gasteiger partial charge in [0.15, 0.2) is 0 Å². The van der Waals surface area contributed by atoms with Crippen LogP contribution in [-0.4, -0.2) is 40.4 Å². The minimum Gasteiger partial charge on any atom is -0.348 e. The number of likely N-dealkylation sites (tertiary alicyclic amines) is 1. The zero-order valence-electron chi connectivity index (χ0n) is 17.3. The molecule has 31 heavy (non-hydrogen) atoms. The van der Waals surface area contributed by atoms with Gasteiger partial charge in [0.05, 0.1) is 12.0 Å². The fraction of sp³-hybridized carbons (Fsp3) is 0.333. The summed E-state index contributed by atoms with van der Waals surface area (Å²) in [4.78, 5) is 23.3. The first kappa shape index (κ1) is 23.3. The van der Waals surface area contributed by atoms with Gasteiger partial charge in [-0.15, -0.1) is 24.8 Å². The van der Waals surface area contributed by atoms with Gasteiger partial charge >= 0.3 is 0 Å². The van der Waals surface area contributed by atoms with Gasteiger partial charge in [0.2, 0.25) is 5.91 Å². The maximum absolute atomic E-state index is 13.6. The van der Waals surface area contributed by atoms with Crippen molar-refractivity contribution in [3.8, 4) is 0 Å². The molecule has 1 fully saturated rings. The number of aromatic nitrogens is 2. The van der Waals surface area contributed by atoms with Crippen LogP contribution in [0.5, 0.6) is 0 Å². The number of aromatic amines is 1. The number of rotatable bonds is 3. The van der Waals surface area contributed by atoms with Crippen molar-refractivity contribution < 1.29 is 4.79 Å². The summed E-state index contributed by atoms with van der Waals surface area (Å²) in [6, 6.07) is 20.9. The third kappa shape index (κ3) is 4.22. The van der Waals surface area contributed by atoms with Crippen LogP contribution in [-0.2, 0) is 16.6 Å². The molecule has 0 spiro atoms. The first-order chi connectivity index (χ1) is 14.3. The highest BCUT2D eigenvalue weighted by molar-refractivity contribution is 5.85. The number of nitrogens with one attached hydrogen (secondary N) is 2. The Morgan fingerprint density at radius 1 is 1.00 bits per heavy atom. The Labute approximate surface area is 195 Å². The number of H-pyrrole nitrogens is 1. The molecular formula is C24H28Cl2N4O. The summed E-state index contributed by atoms with van der Waals surface area (Å²) in [5.74, 6) is 0.133. The van der Waals surface area contributed by atoms with Crippen LogP contribution in [0.1, 0.15) is 41.4 Å². The van der Waals surface area contributed by atoms with Crippen LogP contribution in [0.4, 0.5) is 0 Å². The van der Waals surface area contributed by atoms with Crippen molar-refractivity contribution in [3.05, 3.63) is 89.5 Å². The number of benzene rings is 2. The summed E-state index contributed by atoms with van der Waals surface area (Å²) >= 11 is 0. The average Bonchev–Trinajstić information content (AvgIpc) is 3.29. The molecule has 0 bridgehead atoms. The van der Waals surface area contributed by atoms with Gasteiger partial charge in [-0.3, -0.25) is 4.79 Å². The Balaban J connectivity index is 0.00000136. The molecule has 1 unspecified atom stereocenters. The quantitative estimate of drug-likeness (QED) is 0.622. The van der Waals surface area contributed by atoms with E-state index in [1.165, 1.54) is 11.1 Å². The summed E-state index contributed by atoms with van der Waals surface area (Å²) in [6.07, 6.45) is 4.61. The third-order valence-corrected chi connectivity index (χ3v) is 6.45. The Morgan fingerprint density at radius 2 is 1.65 bits per heavy atom. The van der Waals surface area contributed by atoms with Crippen LogP contribution >= 0.6 is 24.8 Å². The number of halogens is 2. The molecule has 0 radical (unpaired) electrons. The fourth-order valence-corrected chi connectivity index (χ4v) is 5.00. The standard InChI is InChI=1S/C24H26N4O.2ClH/c29-23(22-21-20(12-14-25-22)26-17-27-21)28-15-7-13-24(16-28,18-8-3-1-4-9-18)19-10-5-2-6-11-19;;/h1-6,8-11,17,22,25H,7,12-16H2,(H,26,27);2*1H. The van der Waals surface area contributed by atoms with E-state index in [2.05, 4.69) is 75.9 Å². The van der Waals surface area contributed by atoms with Crippen molar-refractivity contribution in [2.24, 2.45) is 0 Å². The predicted octanol–water partition coefficient (Wildman–Crippen LogP) is 4.05. The summed E-state index contributed by atoms with van der Waals surface area (Å²) in [6.45, 7) is 2.28. The van der Waals surface area contributed by atoms with Gasteiger partial charge in [-0.2, -0.15) is 0 Å². The van der Waals surface area contributed by atoms with Gasteiger partial charge in [0.1, 0.15) is 6.04 Å². The smallest absolute Gasteiger partial charge is 0.246 e. The maximum Gasteiger partial charge on any atom is 0.246 e. The first-order valence-electron chi connectivity index (χ1n) is 10.4. The van der Waals surface area contributed by atoms with Gasteiger partial charge in [0, 0.05) is 37.2 Å². The second-order valence-electron chi connectivity index (χ2n) is 8.08. The van der Waals surface area contributed by atoms with Crippen molar-refractivity contribution in [1.82, 2.24) is 20.2 Å². The van der Waals surface area contributed by atoms with E-state index >= 15 is 0 Å². The van der Waals surface area contributed by atoms with E-state index in [0.717, 1.165) is 43.7 Å². The molecule has 164 valence electrons. The molecule has 2 N–H and O–H groups in total. The highest BCUT2D eigenvalue weighted by atomic mass is 35.5. The topological polar surface area (TPSA) is 61.0 Å². The van der Waals surface area contributed by atoms with E-state index in [1.807, 2.05) is 4.90 Å². The number of hydrogen-bond acceptors (Lipinski definition) is 3. The Morgan fingerprint density at radius 3 is 2.29 bits per heavy atom. The molecule has 1 amide bonds. The van der Waals surface area contributed by atoms with Gasteiger partial charge in [0.25, 0.3) is 0 Å². The lowest BCUT2D eigenvalue weighted by Gasteiger charge is -2.45. The summed E-state index contributed by atoms with van der Waals surface area (Å²) < 4.78 is 0. The minimum atomic E-state index is -0.354. The lowest BCUT2D eigenvalue weighted by molar-refractivity contribution is -0.135. The van der Waals surface area contributed by atoms with E-state index < -0.39 is 0 Å². The number of fused-ring (bicyclic) bond motifs is 1. The molecule has 1 saturated heterocycles. The first-order valence-corrected chi connectivity index (χ1v) is 10.4. The highest BCUT2D eigenvalue weighted by Crippen LogP contribution is 2.41. The second kappa shape index (κ2) is 9.86. The molecule has 3 heterocycles. The number of piperidine rings is 1. The Hall–Kier alpha value is -2.34. The van der Waals surface area contributed by atoms with Gasteiger partial charge in [-0.05, 0) is 24.0 Å². The minimum absolute atomic E-state index is 0. The normalized spacial score (nSPS) is 19.5. The van der Waals surface area contributed by atoms with E-state index in [-0.39, 0.29) is 42.2 Å². The SMILES string of the molecule is Cl.Cl.O=C(C1NCCc2[nH]cnc21)N1CCCC(c2ccccc2)(c2ccccc2)C1. The van der Waals surface area contributed by atoms with Crippen LogP contribution < -0.4 is 5.32 Å². The van der Waals surface area contributed by atoms with Crippen LogP contribution in [0.25, 0.3) is 0 Å². The number of carbonyl (C=O) groups is 1. The molecule has 7 heteroatoms. The lowest BCUT2D eigenvalue weighted by atomic mass is 9.69. The number of imidazole rings is 1. The molecule has 1 aromatic heterocycles. The van der Waals surface area contributed by atoms with E-state index in [1.54, 1.807) is 6.33 Å². The third-order valence-electron chi connectivity index (χ3n) is 6.45. The van der Waals surface area contributed by atoms with Crippen molar-refractivity contribution in [2.45, 2.75) is 30.7 Å². The zero-order chi connectivity index (χ0) is 19.7. The van der Waals surface area contributed by atoms with Crippen LogP contribution in [0, 0.1) is 0 Å². The largest absolute Gasteiger partial charge is 0.348 e. The molecule has 5 rings (SSSR count). The van der Waals surface area contributed by atoms with Crippen molar-refractivity contribution in [2.75, 3.05) is 19.6 Å². The monoisotopic (exact) mass is 458 g/mol. The predicted molar refractivity (Wildman–Crippen MR) is 127 cm³/mol. The molecular weight excluding hydrogens is 431 g/mol. The molecule has 5 nitrogen and oxygen atoms in total. The molecule has 3 aromatic rings. The van der Waals surface area contributed by atoms with Crippen molar-refractivity contribution >= 4 is 30.7 Å². The van der Waals surface area contributed by atoms with Gasteiger partial charge in [-0.1, -0.05) is 60.7 Å². The van der Waals surface area contributed by atoms with Gasteiger partial charge in [-0.25, -0.2) is 4.98 Å².